The van der Waals surface area contributed by atoms with Crippen LogP contribution in [-0.4, -0.2) is 53.5 Å². The van der Waals surface area contributed by atoms with Crippen molar-refractivity contribution in [2.24, 2.45) is 0 Å². The molecule has 0 atom stereocenters. The fraction of sp³-hybridized carbons (Fsp3) is 0.538. The van der Waals surface area contributed by atoms with Crippen molar-refractivity contribution in [3.8, 4) is 0 Å². The van der Waals surface area contributed by atoms with Gasteiger partial charge in [0.1, 0.15) is 5.82 Å². The van der Waals surface area contributed by atoms with Crippen LogP contribution in [0, 0.1) is 0 Å². The summed E-state index contributed by atoms with van der Waals surface area (Å²) in [6.07, 6.45) is 3.97. The van der Waals surface area contributed by atoms with E-state index < -0.39 is 5.97 Å². The molecule has 2 rings (SSSR count). The van der Waals surface area contributed by atoms with Crippen molar-refractivity contribution in [1.29, 1.82) is 0 Å². The van der Waals surface area contributed by atoms with Crippen LogP contribution in [0.4, 0.5) is 5.82 Å². The molecule has 0 bridgehead atoms. The Morgan fingerprint density at radius 2 is 2.40 bits per heavy atom. The van der Waals surface area contributed by atoms with Gasteiger partial charge in [-0.25, -0.2) is 14.8 Å². The molecule has 0 radical (unpaired) electrons. The van der Waals surface area contributed by atoms with Gasteiger partial charge in [0, 0.05) is 32.3 Å². The lowest BCUT2D eigenvalue weighted by molar-refractivity contribution is -0.127. The van der Waals surface area contributed by atoms with Crippen LogP contribution in [0.3, 0.4) is 0 Å². The standard InChI is InChI=1S/C13H18N4O3/c1-20-13(19)12-15-7-5-10(16-12)14-6-3-9-17-8-2-4-11(17)18/h5,7H,2-4,6,8-9H2,1H3,(H,14,15,16). The van der Waals surface area contributed by atoms with Crippen LogP contribution < -0.4 is 5.32 Å². The van der Waals surface area contributed by atoms with Gasteiger partial charge in [-0.1, -0.05) is 0 Å². The van der Waals surface area contributed by atoms with E-state index in [1.807, 2.05) is 4.90 Å². The maximum atomic E-state index is 11.4. The summed E-state index contributed by atoms with van der Waals surface area (Å²) in [6, 6.07) is 1.69. The van der Waals surface area contributed by atoms with Gasteiger partial charge in [0.2, 0.25) is 11.7 Å². The number of methoxy groups -OCH3 is 1. The number of rotatable bonds is 6. The lowest BCUT2D eigenvalue weighted by atomic mass is 10.4. The minimum atomic E-state index is -0.559. The predicted molar refractivity (Wildman–Crippen MR) is 72.3 cm³/mol. The third kappa shape index (κ3) is 3.66. The second kappa shape index (κ2) is 6.83. The van der Waals surface area contributed by atoms with Gasteiger partial charge < -0.3 is 15.0 Å². The number of amides is 1. The lowest BCUT2D eigenvalue weighted by Crippen LogP contribution is -2.27. The number of anilines is 1. The number of likely N-dealkylation sites (tertiary alicyclic amines) is 1. The smallest absolute Gasteiger partial charge is 0.376 e. The molecule has 1 aromatic heterocycles. The highest BCUT2D eigenvalue weighted by molar-refractivity contribution is 5.85. The van der Waals surface area contributed by atoms with Crippen molar-refractivity contribution in [2.45, 2.75) is 19.3 Å². The summed E-state index contributed by atoms with van der Waals surface area (Å²) < 4.78 is 4.56. The quantitative estimate of drug-likeness (QED) is 0.608. The number of hydrogen-bond acceptors (Lipinski definition) is 6. The minimum Gasteiger partial charge on any atom is -0.463 e. The van der Waals surface area contributed by atoms with Crippen molar-refractivity contribution in [2.75, 3.05) is 32.1 Å². The summed E-state index contributed by atoms with van der Waals surface area (Å²) in [5, 5.41) is 3.11. The molecule has 2 heterocycles. The van der Waals surface area contributed by atoms with Gasteiger partial charge in [-0.2, -0.15) is 0 Å². The van der Waals surface area contributed by atoms with E-state index in [4.69, 9.17) is 0 Å². The molecule has 108 valence electrons. The van der Waals surface area contributed by atoms with Crippen LogP contribution in [-0.2, 0) is 9.53 Å². The Bertz CT molecular complexity index is 492. The first kappa shape index (κ1) is 14.2. The van der Waals surface area contributed by atoms with Crippen molar-refractivity contribution < 1.29 is 14.3 Å². The zero-order chi connectivity index (χ0) is 14.4. The Morgan fingerprint density at radius 1 is 1.55 bits per heavy atom. The molecule has 1 saturated heterocycles. The van der Waals surface area contributed by atoms with E-state index >= 15 is 0 Å². The van der Waals surface area contributed by atoms with E-state index in [1.54, 1.807) is 6.07 Å². The third-order valence-electron chi connectivity index (χ3n) is 3.11. The first-order chi connectivity index (χ1) is 9.70. The van der Waals surface area contributed by atoms with E-state index in [0.29, 0.717) is 18.8 Å². The summed E-state index contributed by atoms with van der Waals surface area (Å²) in [7, 11) is 1.29. The highest BCUT2D eigenvalue weighted by Crippen LogP contribution is 2.10. The third-order valence-corrected chi connectivity index (χ3v) is 3.11. The second-order valence-electron chi connectivity index (χ2n) is 4.52. The Kier molecular flexibility index (Phi) is 4.86. The molecule has 1 amide bonds. The topological polar surface area (TPSA) is 84.4 Å². The summed E-state index contributed by atoms with van der Waals surface area (Å²) in [5.74, 6) is 0.289. The molecule has 0 saturated carbocycles. The number of aromatic nitrogens is 2. The first-order valence-corrected chi connectivity index (χ1v) is 6.63. The molecular weight excluding hydrogens is 260 g/mol. The van der Waals surface area contributed by atoms with Gasteiger partial charge >= 0.3 is 5.97 Å². The zero-order valence-corrected chi connectivity index (χ0v) is 11.5. The largest absolute Gasteiger partial charge is 0.463 e. The molecule has 0 unspecified atom stereocenters. The van der Waals surface area contributed by atoms with Crippen LogP contribution >= 0.6 is 0 Å². The van der Waals surface area contributed by atoms with E-state index in [1.165, 1.54) is 13.3 Å². The fourth-order valence-corrected chi connectivity index (χ4v) is 2.07. The lowest BCUT2D eigenvalue weighted by Gasteiger charge is -2.15. The number of hydrogen-bond donors (Lipinski definition) is 1. The molecule has 0 aromatic carbocycles. The van der Waals surface area contributed by atoms with Crippen LogP contribution in [0.2, 0.25) is 0 Å². The second-order valence-corrected chi connectivity index (χ2v) is 4.52. The normalized spacial score (nSPS) is 14.4. The number of ether oxygens (including phenoxy) is 1. The van der Waals surface area contributed by atoms with Gasteiger partial charge in [-0.15, -0.1) is 0 Å². The van der Waals surface area contributed by atoms with Crippen LogP contribution in [0.1, 0.15) is 29.9 Å². The number of esters is 1. The Balaban J connectivity index is 1.76. The summed E-state index contributed by atoms with van der Waals surface area (Å²) in [6.45, 7) is 2.29. The fourth-order valence-electron chi connectivity index (χ4n) is 2.07. The van der Waals surface area contributed by atoms with Crippen LogP contribution in [0.15, 0.2) is 12.3 Å². The van der Waals surface area contributed by atoms with E-state index in [2.05, 4.69) is 20.0 Å². The van der Waals surface area contributed by atoms with Gasteiger partial charge in [-0.3, -0.25) is 4.79 Å². The number of nitrogens with zero attached hydrogens (tertiary/aromatic N) is 3. The molecule has 1 fully saturated rings. The molecule has 7 nitrogen and oxygen atoms in total. The molecule has 20 heavy (non-hydrogen) atoms. The minimum absolute atomic E-state index is 0.0345. The monoisotopic (exact) mass is 278 g/mol. The van der Waals surface area contributed by atoms with Crippen LogP contribution in [0.25, 0.3) is 0 Å². The number of carbonyl (C=O) groups excluding carboxylic acids is 2. The SMILES string of the molecule is COC(=O)c1nccc(NCCCN2CCCC2=O)n1. The molecule has 1 N–H and O–H groups in total. The summed E-state index contributed by atoms with van der Waals surface area (Å²) >= 11 is 0. The van der Waals surface area contributed by atoms with Gasteiger partial charge in [0.25, 0.3) is 0 Å². The highest BCUT2D eigenvalue weighted by atomic mass is 16.5. The molecule has 7 heteroatoms. The predicted octanol–water partition coefficient (Wildman–Crippen LogP) is 0.688. The molecule has 0 spiro atoms. The molecule has 0 aliphatic carbocycles. The number of carbonyl (C=O) groups is 2. The maximum Gasteiger partial charge on any atom is 0.376 e. The first-order valence-electron chi connectivity index (χ1n) is 6.63. The highest BCUT2D eigenvalue weighted by Gasteiger charge is 2.18. The van der Waals surface area contributed by atoms with Gasteiger partial charge in [0.15, 0.2) is 0 Å². The van der Waals surface area contributed by atoms with Crippen molar-refractivity contribution in [3.05, 3.63) is 18.1 Å². The molecule has 1 aliphatic heterocycles. The van der Waals surface area contributed by atoms with E-state index in [0.717, 1.165) is 25.9 Å². The zero-order valence-electron chi connectivity index (χ0n) is 11.5. The molecule has 1 aromatic rings. The van der Waals surface area contributed by atoms with Gasteiger partial charge in [-0.05, 0) is 18.9 Å². The summed E-state index contributed by atoms with van der Waals surface area (Å²) in [4.78, 5) is 32.5. The van der Waals surface area contributed by atoms with Crippen molar-refractivity contribution >= 4 is 17.7 Å². The van der Waals surface area contributed by atoms with E-state index in [9.17, 15) is 9.59 Å². The molecular formula is C13H18N4O3. The van der Waals surface area contributed by atoms with E-state index in [-0.39, 0.29) is 11.7 Å². The Labute approximate surface area is 117 Å². The Morgan fingerprint density at radius 3 is 3.10 bits per heavy atom. The van der Waals surface area contributed by atoms with Crippen molar-refractivity contribution in [1.82, 2.24) is 14.9 Å². The summed E-state index contributed by atoms with van der Waals surface area (Å²) in [5.41, 5.74) is 0. The maximum absolute atomic E-state index is 11.4. The number of nitrogens with one attached hydrogen (secondary N) is 1. The molecule has 1 aliphatic rings. The Hall–Kier alpha value is -2.18. The average molecular weight is 278 g/mol. The average Bonchev–Trinajstić information content (AvgIpc) is 2.88. The van der Waals surface area contributed by atoms with Crippen molar-refractivity contribution in [3.63, 3.8) is 0 Å². The van der Waals surface area contributed by atoms with Crippen LogP contribution in [0.5, 0.6) is 0 Å². The van der Waals surface area contributed by atoms with Gasteiger partial charge in [0.05, 0.1) is 7.11 Å².